The molecule has 0 aliphatic heterocycles. The van der Waals surface area contributed by atoms with Crippen molar-refractivity contribution in [2.45, 2.75) is 45.4 Å². The van der Waals surface area contributed by atoms with Gasteiger partial charge < -0.3 is 14.4 Å². The molecule has 0 bridgehead atoms. The average molecular weight is 486 g/mol. The van der Waals surface area contributed by atoms with Crippen LogP contribution < -0.4 is 0 Å². The number of hydrogen-bond donors (Lipinski definition) is 0. The molecule has 0 radical (unpaired) electrons. The molecule has 36 heavy (non-hydrogen) atoms. The number of ether oxygens (including phenoxy) is 2. The molecule has 4 rings (SSSR count). The molecule has 0 N–H and O–H groups in total. The second-order valence-corrected chi connectivity index (χ2v) is 9.28. The molecule has 188 valence electrons. The summed E-state index contributed by atoms with van der Waals surface area (Å²) in [5, 5.41) is 0. The highest BCUT2D eigenvalue weighted by Crippen LogP contribution is 2.49. The number of carbonyl (C=O) groups is 2. The van der Waals surface area contributed by atoms with E-state index in [1.165, 1.54) is 5.56 Å². The van der Waals surface area contributed by atoms with Crippen LogP contribution in [0.1, 0.15) is 60.7 Å². The van der Waals surface area contributed by atoms with Crippen molar-refractivity contribution < 1.29 is 19.1 Å². The van der Waals surface area contributed by atoms with Gasteiger partial charge in [0.1, 0.15) is 13.2 Å². The summed E-state index contributed by atoms with van der Waals surface area (Å²) in [6.07, 6.45) is 2.89. The van der Waals surface area contributed by atoms with E-state index in [2.05, 4.69) is 19.1 Å². The lowest BCUT2D eigenvalue weighted by atomic mass is 9.79. The first-order valence-corrected chi connectivity index (χ1v) is 12.9. The summed E-state index contributed by atoms with van der Waals surface area (Å²) in [5.41, 5.74) is 5.10. The number of unbranched alkanes of at least 4 members (excludes halogenated alkanes) is 1. The largest absolute Gasteiger partial charge is 0.461 e. The minimum absolute atomic E-state index is 0.0724. The van der Waals surface area contributed by atoms with Gasteiger partial charge in [0.2, 0.25) is 0 Å². The Hall–Kier alpha value is -3.60. The summed E-state index contributed by atoms with van der Waals surface area (Å²) in [7, 11) is 0. The van der Waals surface area contributed by atoms with E-state index in [0.717, 1.165) is 41.5 Å². The average Bonchev–Trinajstić information content (AvgIpc) is 3.20. The predicted molar refractivity (Wildman–Crippen MR) is 142 cm³/mol. The molecule has 1 aliphatic carbocycles. The topological polar surface area (TPSA) is 55.8 Å². The Bertz CT molecular complexity index is 1150. The first kappa shape index (κ1) is 25.5. The second-order valence-electron chi connectivity index (χ2n) is 9.28. The van der Waals surface area contributed by atoms with E-state index in [4.69, 9.17) is 9.47 Å². The lowest BCUT2D eigenvalue weighted by Gasteiger charge is -2.32. The molecule has 3 aromatic carbocycles. The third-order valence-electron chi connectivity index (χ3n) is 7.10. The number of carbonyl (C=O) groups excluding carboxylic acids is 2. The first-order chi connectivity index (χ1) is 17.5. The summed E-state index contributed by atoms with van der Waals surface area (Å²) in [4.78, 5) is 27.5. The van der Waals surface area contributed by atoms with Crippen LogP contribution in [0.25, 0.3) is 11.1 Å². The van der Waals surface area contributed by atoms with Crippen LogP contribution in [0.5, 0.6) is 0 Å². The van der Waals surface area contributed by atoms with Crippen molar-refractivity contribution in [2.75, 3.05) is 26.3 Å². The number of nitrogens with zero attached hydrogens (tertiary/aromatic N) is 1. The molecule has 0 saturated carbocycles. The van der Waals surface area contributed by atoms with Crippen LogP contribution in [0.4, 0.5) is 4.79 Å². The number of fused-ring (bicyclic) bond motifs is 3. The minimum Gasteiger partial charge on any atom is -0.461 e. The molecular weight excluding hydrogens is 450 g/mol. The molecule has 0 saturated heterocycles. The van der Waals surface area contributed by atoms with Gasteiger partial charge in [0.05, 0.1) is 11.0 Å². The maximum atomic E-state index is 13.1. The molecule has 3 aromatic rings. The SMILES string of the molecule is CCCCc1ccc(C(=O)OCC2(COC(=O)N(CC)CC)c3ccccc3-c3ccccc32)cc1. The van der Waals surface area contributed by atoms with Crippen molar-refractivity contribution in [2.24, 2.45) is 0 Å². The van der Waals surface area contributed by atoms with Crippen molar-refractivity contribution in [1.29, 1.82) is 0 Å². The molecule has 1 amide bonds. The highest BCUT2D eigenvalue weighted by atomic mass is 16.6. The Labute approximate surface area is 214 Å². The van der Waals surface area contributed by atoms with Gasteiger partial charge in [-0.25, -0.2) is 9.59 Å². The Balaban J connectivity index is 1.62. The first-order valence-electron chi connectivity index (χ1n) is 12.9. The lowest BCUT2D eigenvalue weighted by Crippen LogP contribution is -2.41. The Morgan fingerprint density at radius 1 is 0.750 bits per heavy atom. The third-order valence-corrected chi connectivity index (χ3v) is 7.10. The van der Waals surface area contributed by atoms with Crippen LogP contribution in [0.3, 0.4) is 0 Å². The monoisotopic (exact) mass is 485 g/mol. The van der Waals surface area contributed by atoms with Gasteiger partial charge in [-0.2, -0.15) is 0 Å². The molecule has 0 heterocycles. The highest BCUT2D eigenvalue weighted by Gasteiger charge is 2.45. The molecule has 5 heteroatoms. The van der Waals surface area contributed by atoms with Crippen molar-refractivity contribution in [1.82, 2.24) is 4.90 Å². The van der Waals surface area contributed by atoms with Crippen molar-refractivity contribution in [3.8, 4) is 11.1 Å². The summed E-state index contributed by atoms with van der Waals surface area (Å²) in [6.45, 7) is 7.31. The number of hydrogen-bond acceptors (Lipinski definition) is 4. The minimum atomic E-state index is -0.785. The standard InChI is InChI=1S/C31H35NO4/c1-4-7-12-23-17-19-24(20-18-23)29(33)35-21-31(22-36-30(34)32(5-2)6-3)27-15-10-8-13-25(27)26-14-9-11-16-28(26)31/h8-11,13-20H,4-7,12,21-22H2,1-3H3. The maximum absolute atomic E-state index is 13.1. The molecule has 1 aliphatic rings. The van der Waals surface area contributed by atoms with Crippen molar-refractivity contribution >= 4 is 12.1 Å². The fraction of sp³-hybridized carbons (Fsp3) is 0.355. The summed E-state index contributed by atoms with van der Waals surface area (Å²) in [6, 6.07) is 23.8. The van der Waals surface area contributed by atoms with Gasteiger partial charge in [0.15, 0.2) is 0 Å². The molecule has 0 atom stereocenters. The normalized spacial score (nSPS) is 13.0. The zero-order valence-corrected chi connectivity index (χ0v) is 21.5. The summed E-state index contributed by atoms with van der Waals surface area (Å²) >= 11 is 0. The lowest BCUT2D eigenvalue weighted by molar-refractivity contribution is 0.0324. The number of esters is 1. The smallest absolute Gasteiger partial charge is 0.409 e. The van der Waals surface area contributed by atoms with E-state index < -0.39 is 5.41 Å². The second kappa shape index (κ2) is 11.4. The Morgan fingerprint density at radius 3 is 1.86 bits per heavy atom. The van der Waals surface area contributed by atoms with Crippen molar-refractivity contribution in [3.63, 3.8) is 0 Å². The summed E-state index contributed by atoms with van der Waals surface area (Å²) in [5.74, 6) is -0.381. The van der Waals surface area contributed by atoms with E-state index in [0.29, 0.717) is 18.7 Å². The zero-order valence-electron chi connectivity index (χ0n) is 21.5. The zero-order chi connectivity index (χ0) is 25.5. The van der Waals surface area contributed by atoms with Crippen LogP contribution >= 0.6 is 0 Å². The number of rotatable bonds is 10. The van der Waals surface area contributed by atoms with Crippen LogP contribution in [-0.2, 0) is 21.3 Å². The third kappa shape index (κ3) is 5.01. The summed E-state index contributed by atoms with van der Waals surface area (Å²) < 4.78 is 11.8. The van der Waals surface area contributed by atoms with E-state index in [-0.39, 0.29) is 25.3 Å². The van der Waals surface area contributed by atoms with Gasteiger partial charge in [0, 0.05) is 13.1 Å². The molecule has 0 aromatic heterocycles. The number of benzene rings is 3. The molecule has 0 unspecified atom stereocenters. The quantitative estimate of drug-likeness (QED) is 0.302. The van der Waals surface area contributed by atoms with E-state index in [1.807, 2.05) is 74.5 Å². The van der Waals surface area contributed by atoms with Gasteiger partial charge in [-0.1, -0.05) is 74.0 Å². The van der Waals surface area contributed by atoms with E-state index in [1.54, 1.807) is 4.90 Å². The van der Waals surface area contributed by atoms with Gasteiger partial charge in [-0.3, -0.25) is 0 Å². The van der Waals surface area contributed by atoms with E-state index >= 15 is 0 Å². The van der Waals surface area contributed by atoms with E-state index in [9.17, 15) is 9.59 Å². The number of amides is 1. The number of aryl methyl sites for hydroxylation is 1. The predicted octanol–water partition coefficient (Wildman–Crippen LogP) is 6.63. The van der Waals surface area contributed by atoms with Crippen LogP contribution in [0.2, 0.25) is 0 Å². The van der Waals surface area contributed by atoms with Gasteiger partial charge in [-0.05, 0) is 66.6 Å². The van der Waals surface area contributed by atoms with Gasteiger partial charge >= 0.3 is 12.1 Å². The fourth-order valence-electron chi connectivity index (χ4n) is 4.99. The highest BCUT2D eigenvalue weighted by molar-refractivity contribution is 5.90. The maximum Gasteiger partial charge on any atom is 0.409 e. The van der Waals surface area contributed by atoms with Crippen molar-refractivity contribution in [3.05, 3.63) is 95.1 Å². The van der Waals surface area contributed by atoms with Gasteiger partial charge in [0.25, 0.3) is 0 Å². The Morgan fingerprint density at radius 2 is 1.31 bits per heavy atom. The molecule has 0 fully saturated rings. The fourth-order valence-corrected chi connectivity index (χ4v) is 4.99. The molecular formula is C31H35NO4. The molecule has 5 nitrogen and oxygen atoms in total. The molecule has 0 spiro atoms. The van der Waals surface area contributed by atoms with Crippen LogP contribution in [-0.4, -0.2) is 43.3 Å². The van der Waals surface area contributed by atoms with Crippen LogP contribution in [0.15, 0.2) is 72.8 Å². The van der Waals surface area contributed by atoms with Crippen LogP contribution in [0, 0.1) is 0 Å². The Kier molecular flexibility index (Phi) is 8.09. The van der Waals surface area contributed by atoms with Gasteiger partial charge in [-0.15, -0.1) is 0 Å².